The molecular formula is C16H19FN2O2S. The number of benzene rings is 2. The molecule has 0 amide bonds. The number of anilines is 1. The number of rotatable bonds is 5. The maximum atomic E-state index is 13.0. The monoisotopic (exact) mass is 322 g/mol. The fourth-order valence-corrected chi connectivity index (χ4v) is 3.83. The number of hydrogen-bond donors (Lipinski definition) is 1. The van der Waals surface area contributed by atoms with Gasteiger partial charge in [0.15, 0.2) is 9.84 Å². The van der Waals surface area contributed by atoms with E-state index in [2.05, 4.69) is 0 Å². The zero-order valence-electron chi connectivity index (χ0n) is 12.5. The Morgan fingerprint density at radius 1 is 1.05 bits per heavy atom. The summed E-state index contributed by atoms with van der Waals surface area (Å²) in [6.07, 6.45) is 0. The second-order valence-corrected chi connectivity index (χ2v) is 7.34. The van der Waals surface area contributed by atoms with Crippen molar-refractivity contribution in [2.75, 3.05) is 25.5 Å². The molecule has 1 unspecified atom stereocenters. The summed E-state index contributed by atoms with van der Waals surface area (Å²) in [5.41, 5.74) is 7.29. The summed E-state index contributed by atoms with van der Waals surface area (Å²) in [5.74, 6) is -0.474. The molecule has 2 rings (SSSR count). The van der Waals surface area contributed by atoms with Crippen LogP contribution in [0.4, 0.5) is 10.1 Å². The van der Waals surface area contributed by atoms with Crippen molar-refractivity contribution in [3.05, 3.63) is 59.9 Å². The fraction of sp³-hybridized carbons (Fsp3) is 0.250. The minimum atomic E-state index is -3.66. The third kappa shape index (κ3) is 3.28. The SMILES string of the molecule is CN(C)c1ccc(C(CN)S(=O)(=O)c2ccc(F)cc2)cc1. The molecule has 2 aromatic rings. The minimum absolute atomic E-state index is 0.0407. The lowest BCUT2D eigenvalue weighted by molar-refractivity contribution is 0.581. The van der Waals surface area contributed by atoms with Crippen LogP contribution in [-0.4, -0.2) is 29.1 Å². The molecule has 0 aliphatic carbocycles. The van der Waals surface area contributed by atoms with Gasteiger partial charge < -0.3 is 10.6 Å². The van der Waals surface area contributed by atoms with Gasteiger partial charge >= 0.3 is 0 Å². The lowest BCUT2D eigenvalue weighted by Gasteiger charge is -2.18. The van der Waals surface area contributed by atoms with Crippen LogP contribution in [0, 0.1) is 5.82 Å². The summed E-state index contributed by atoms with van der Waals surface area (Å²) in [7, 11) is 0.156. The molecule has 0 radical (unpaired) electrons. The van der Waals surface area contributed by atoms with Crippen LogP contribution < -0.4 is 10.6 Å². The molecule has 0 heterocycles. The molecule has 2 N–H and O–H groups in total. The van der Waals surface area contributed by atoms with Crippen molar-refractivity contribution in [2.24, 2.45) is 5.73 Å². The number of nitrogens with two attached hydrogens (primary N) is 1. The van der Waals surface area contributed by atoms with Gasteiger partial charge in [0.25, 0.3) is 0 Å². The predicted molar refractivity (Wildman–Crippen MR) is 86.2 cm³/mol. The summed E-state index contributed by atoms with van der Waals surface area (Å²) < 4.78 is 38.3. The number of sulfone groups is 1. The smallest absolute Gasteiger partial charge is 0.186 e. The molecule has 0 aliphatic rings. The highest BCUT2D eigenvalue weighted by Gasteiger charge is 2.27. The van der Waals surface area contributed by atoms with Crippen LogP contribution >= 0.6 is 0 Å². The van der Waals surface area contributed by atoms with E-state index < -0.39 is 20.9 Å². The predicted octanol–water partition coefficient (Wildman–Crippen LogP) is 2.37. The van der Waals surface area contributed by atoms with Gasteiger partial charge in [-0.25, -0.2) is 12.8 Å². The third-order valence-corrected chi connectivity index (χ3v) is 5.66. The molecule has 6 heteroatoms. The molecule has 0 saturated heterocycles. The van der Waals surface area contributed by atoms with Gasteiger partial charge in [0.2, 0.25) is 0 Å². The van der Waals surface area contributed by atoms with E-state index in [1.54, 1.807) is 12.1 Å². The van der Waals surface area contributed by atoms with Gasteiger partial charge in [-0.2, -0.15) is 0 Å². The first-order valence-electron chi connectivity index (χ1n) is 6.83. The van der Waals surface area contributed by atoms with Gasteiger partial charge in [-0.05, 0) is 42.0 Å². The summed E-state index contributed by atoms with van der Waals surface area (Å²) in [6.45, 7) is -0.0407. The van der Waals surface area contributed by atoms with Crippen molar-refractivity contribution in [1.29, 1.82) is 0 Å². The van der Waals surface area contributed by atoms with Crippen molar-refractivity contribution in [3.8, 4) is 0 Å². The van der Waals surface area contributed by atoms with E-state index in [1.165, 1.54) is 12.1 Å². The van der Waals surface area contributed by atoms with Gasteiger partial charge in [0, 0.05) is 26.3 Å². The Balaban J connectivity index is 2.40. The molecule has 0 fully saturated rings. The van der Waals surface area contributed by atoms with Crippen LogP contribution in [0.1, 0.15) is 10.8 Å². The lowest BCUT2D eigenvalue weighted by Crippen LogP contribution is -2.22. The summed E-state index contributed by atoms with van der Waals surface area (Å²) in [6, 6.07) is 12.0. The first-order valence-corrected chi connectivity index (χ1v) is 8.37. The molecule has 0 bridgehead atoms. The molecule has 4 nitrogen and oxygen atoms in total. The van der Waals surface area contributed by atoms with Gasteiger partial charge in [0.05, 0.1) is 4.90 Å². The van der Waals surface area contributed by atoms with E-state index in [9.17, 15) is 12.8 Å². The van der Waals surface area contributed by atoms with Crippen LogP contribution in [0.5, 0.6) is 0 Å². The summed E-state index contributed by atoms with van der Waals surface area (Å²) in [5, 5.41) is -0.853. The minimum Gasteiger partial charge on any atom is -0.378 e. The fourth-order valence-electron chi connectivity index (χ4n) is 2.22. The van der Waals surface area contributed by atoms with Crippen molar-refractivity contribution >= 4 is 15.5 Å². The number of nitrogens with zero attached hydrogens (tertiary/aromatic N) is 1. The van der Waals surface area contributed by atoms with Crippen LogP contribution in [0.25, 0.3) is 0 Å². The van der Waals surface area contributed by atoms with E-state index in [4.69, 9.17) is 5.73 Å². The molecule has 118 valence electrons. The Hall–Kier alpha value is -1.92. The molecule has 0 spiro atoms. The van der Waals surface area contributed by atoms with Crippen molar-refractivity contribution in [3.63, 3.8) is 0 Å². The largest absolute Gasteiger partial charge is 0.378 e. The van der Waals surface area contributed by atoms with E-state index in [0.717, 1.165) is 17.8 Å². The molecule has 22 heavy (non-hydrogen) atoms. The van der Waals surface area contributed by atoms with Crippen LogP contribution in [-0.2, 0) is 9.84 Å². The highest BCUT2D eigenvalue weighted by atomic mass is 32.2. The second-order valence-electron chi connectivity index (χ2n) is 5.21. The van der Waals surface area contributed by atoms with Gasteiger partial charge in [0.1, 0.15) is 11.1 Å². The quantitative estimate of drug-likeness (QED) is 0.859. The highest BCUT2D eigenvalue weighted by molar-refractivity contribution is 7.91. The normalized spacial score (nSPS) is 12.9. The van der Waals surface area contributed by atoms with Crippen LogP contribution in [0.15, 0.2) is 53.4 Å². The van der Waals surface area contributed by atoms with Crippen molar-refractivity contribution in [1.82, 2.24) is 0 Å². The second kappa shape index (κ2) is 6.46. The molecule has 2 aromatic carbocycles. The molecule has 0 saturated carbocycles. The Kier molecular flexibility index (Phi) is 4.83. The van der Waals surface area contributed by atoms with Gasteiger partial charge in [-0.15, -0.1) is 0 Å². The van der Waals surface area contributed by atoms with E-state index in [0.29, 0.717) is 5.56 Å². The lowest BCUT2D eigenvalue weighted by atomic mass is 10.1. The van der Waals surface area contributed by atoms with Gasteiger partial charge in [-0.3, -0.25) is 0 Å². The highest BCUT2D eigenvalue weighted by Crippen LogP contribution is 2.29. The number of hydrogen-bond acceptors (Lipinski definition) is 4. The van der Waals surface area contributed by atoms with Crippen molar-refractivity contribution in [2.45, 2.75) is 10.1 Å². The first kappa shape index (κ1) is 16.5. The van der Waals surface area contributed by atoms with E-state index >= 15 is 0 Å². The molecule has 0 aromatic heterocycles. The maximum Gasteiger partial charge on any atom is 0.186 e. The zero-order valence-corrected chi connectivity index (χ0v) is 13.3. The standard InChI is InChI=1S/C16H19FN2O2S/c1-19(2)14-7-3-12(4-8-14)16(11-18)22(20,21)15-9-5-13(17)6-10-15/h3-10,16H,11,18H2,1-2H3. The third-order valence-electron chi connectivity index (χ3n) is 3.51. The molecule has 0 aliphatic heterocycles. The van der Waals surface area contributed by atoms with Crippen LogP contribution in [0.2, 0.25) is 0 Å². The average molecular weight is 322 g/mol. The van der Waals surface area contributed by atoms with Crippen molar-refractivity contribution < 1.29 is 12.8 Å². The number of halogens is 1. The summed E-state index contributed by atoms with van der Waals surface area (Å²) >= 11 is 0. The van der Waals surface area contributed by atoms with Gasteiger partial charge in [-0.1, -0.05) is 12.1 Å². The Labute approximate surface area is 130 Å². The molecular weight excluding hydrogens is 303 g/mol. The first-order chi connectivity index (χ1) is 10.4. The Bertz CT molecular complexity index is 726. The Morgan fingerprint density at radius 3 is 2.05 bits per heavy atom. The summed E-state index contributed by atoms with van der Waals surface area (Å²) in [4.78, 5) is 2.00. The Morgan fingerprint density at radius 2 is 1.59 bits per heavy atom. The topological polar surface area (TPSA) is 63.4 Å². The van der Waals surface area contributed by atoms with E-state index in [1.807, 2.05) is 31.1 Å². The maximum absolute atomic E-state index is 13.0. The van der Waals surface area contributed by atoms with E-state index in [-0.39, 0.29) is 11.4 Å². The van der Waals surface area contributed by atoms with Crippen LogP contribution in [0.3, 0.4) is 0 Å². The molecule has 1 atom stereocenters. The zero-order chi connectivity index (χ0) is 16.3. The average Bonchev–Trinajstić information content (AvgIpc) is 2.48.